The summed E-state index contributed by atoms with van der Waals surface area (Å²) in [6, 6.07) is 0. The molecule has 2 heterocycles. The van der Waals surface area contributed by atoms with Gasteiger partial charge in [0.05, 0.1) is 4.92 Å². The van der Waals surface area contributed by atoms with Gasteiger partial charge in [0.1, 0.15) is 6.20 Å². The molecule has 2 rings (SSSR count). The molecule has 0 aliphatic rings. The zero-order valence-corrected chi connectivity index (χ0v) is 12.5. The maximum atomic E-state index is 11.7. The Bertz CT molecular complexity index is 662. The fourth-order valence-corrected chi connectivity index (χ4v) is 3.17. The molecule has 8 nitrogen and oxygen atoms in total. The van der Waals surface area contributed by atoms with Gasteiger partial charge in [-0.05, 0) is 29.0 Å². The van der Waals surface area contributed by atoms with E-state index in [9.17, 15) is 14.9 Å². The average Bonchev–Trinajstić information content (AvgIpc) is 3.00. The van der Waals surface area contributed by atoms with Gasteiger partial charge in [-0.2, -0.15) is 0 Å². The first-order chi connectivity index (χ1) is 9.51. The highest BCUT2D eigenvalue weighted by atomic mass is 32.2. The second-order valence-electron chi connectivity index (χ2n) is 4.26. The van der Waals surface area contributed by atoms with Gasteiger partial charge in [0.25, 0.3) is 0 Å². The van der Waals surface area contributed by atoms with Gasteiger partial charge in [-0.25, -0.2) is 14.9 Å². The molecule has 0 amide bonds. The van der Waals surface area contributed by atoms with E-state index in [0.717, 1.165) is 29.5 Å². The number of hydrogen-bond acceptors (Lipinski definition) is 7. The summed E-state index contributed by atoms with van der Waals surface area (Å²) >= 11 is 2.11. The minimum absolute atomic E-state index is 0.0288. The van der Waals surface area contributed by atoms with Crippen LogP contribution in [0.4, 0.5) is 5.00 Å². The second-order valence-corrected chi connectivity index (χ2v) is 6.48. The van der Waals surface area contributed by atoms with Gasteiger partial charge in [-0.1, -0.05) is 20.3 Å². The summed E-state index contributed by atoms with van der Waals surface area (Å²) in [5.41, 5.74) is -0.279. The van der Waals surface area contributed by atoms with Crippen LogP contribution in [0.2, 0.25) is 0 Å². The van der Waals surface area contributed by atoms with Crippen LogP contribution >= 0.6 is 23.1 Å². The van der Waals surface area contributed by atoms with Gasteiger partial charge in [-0.15, -0.1) is 5.10 Å². The van der Waals surface area contributed by atoms with Gasteiger partial charge in [0.2, 0.25) is 0 Å². The molecule has 1 N–H and O–H groups in total. The van der Waals surface area contributed by atoms with Crippen LogP contribution in [0, 0.1) is 16.0 Å². The van der Waals surface area contributed by atoms with Crippen molar-refractivity contribution >= 4 is 28.1 Å². The fraction of sp³-hybridized carbons (Fsp3) is 0.500. The largest absolute Gasteiger partial charge is 0.344 e. The van der Waals surface area contributed by atoms with E-state index in [1.165, 1.54) is 10.8 Å². The topological polar surface area (TPSA) is 107 Å². The molecule has 2 aromatic heterocycles. The lowest BCUT2D eigenvalue weighted by atomic mass is 10.1. The van der Waals surface area contributed by atoms with Crippen molar-refractivity contribution < 1.29 is 4.92 Å². The summed E-state index contributed by atoms with van der Waals surface area (Å²) in [6.07, 6.45) is 2.15. The lowest BCUT2D eigenvalue weighted by molar-refractivity contribution is -0.380. The number of aromatic nitrogens is 4. The van der Waals surface area contributed by atoms with Crippen LogP contribution in [0.5, 0.6) is 0 Å². The molecule has 0 spiro atoms. The van der Waals surface area contributed by atoms with E-state index in [-0.39, 0.29) is 10.7 Å². The molecule has 1 atom stereocenters. The van der Waals surface area contributed by atoms with Crippen molar-refractivity contribution in [1.29, 1.82) is 0 Å². The van der Waals surface area contributed by atoms with Crippen molar-refractivity contribution in [3.8, 4) is 0 Å². The summed E-state index contributed by atoms with van der Waals surface area (Å²) in [5.74, 6) is 0.343. The van der Waals surface area contributed by atoms with Gasteiger partial charge in [-0.3, -0.25) is 14.7 Å². The Hall–Kier alpha value is -1.68. The maximum absolute atomic E-state index is 11.7. The van der Waals surface area contributed by atoms with Crippen LogP contribution in [0.1, 0.15) is 20.3 Å². The molecular formula is C10H13N5O3S2. The van der Waals surface area contributed by atoms with Crippen LogP contribution in [0.25, 0.3) is 0 Å². The quantitative estimate of drug-likeness (QED) is 0.646. The molecule has 0 aliphatic carbocycles. The van der Waals surface area contributed by atoms with Crippen LogP contribution in [0.3, 0.4) is 0 Å². The molecule has 0 radical (unpaired) electrons. The lowest BCUT2D eigenvalue weighted by Gasteiger charge is -2.09. The number of aromatic amines is 1. The zero-order valence-electron chi connectivity index (χ0n) is 10.9. The van der Waals surface area contributed by atoms with Crippen molar-refractivity contribution in [2.45, 2.75) is 36.3 Å². The van der Waals surface area contributed by atoms with Crippen LogP contribution < -0.4 is 5.69 Å². The normalized spacial score (nSPS) is 12.5. The Kier molecular flexibility index (Phi) is 4.55. The second kappa shape index (κ2) is 6.18. The number of nitro groups is 1. The van der Waals surface area contributed by atoms with E-state index in [1.807, 2.05) is 13.8 Å². The van der Waals surface area contributed by atoms with Crippen molar-refractivity contribution in [2.75, 3.05) is 0 Å². The predicted molar refractivity (Wildman–Crippen MR) is 75.2 cm³/mol. The van der Waals surface area contributed by atoms with E-state index < -0.39 is 4.92 Å². The highest BCUT2D eigenvalue weighted by molar-refractivity contribution is 8.00. The standard InChI is InChI=1S/C10H13N5O3S2/c1-3-6(2)5-14-8(16)12-13-9(14)20-10-11-4-7(19-10)15(17)18/h4,6H,3,5H2,1-2H3,(H,12,16)/t6-/m0/s1. The molecule has 0 saturated carbocycles. The highest BCUT2D eigenvalue weighted by Crippen LogP contribution is 2.32. The summed E-state index contributed by atoms with van der Waals surface area (Å²) in [6.45, 7) is 4.65. The minimum atomic E-state index is -0.488. The van der Waals surface area contributed by atoms with Gasteiger partial charge >= 0.3 is 10.7 Å². The Morgan fingerprint density at radius 1 is 1.65 bits per heavy atom. The first-order valence-corrected chi connectivity index (χ1v) is 7.57. The molecule has 108 valence electrons. The van der Waals surface area contributed by atoms with E-state index in [4.69, 9.17) is 0 Å². The first kappa shape index (κ1) is 14.7. The third kappa shape index (κ3) is 3.25. The number of thiazole rings is 1. The van der Waals surface area contributed by atoms with Crippen molar-refractivity contribution in [1.82, 2.24) is 19.7 Å². The number of nitrogens with zero attached hydrogens (tertiary/aromatic N) is 4. The van der Waals surface area contributed by atoms with Gasteiger partial charge < -0.3 is 0 Å². The smallest absolute Gasteiger partial charge is 0.270 e. The average molecular weight is 315 g/mol. The number of rotatable bonds is 6. The Morgan fingerprint density at radius 2 is 2.40 bits per heavy atom. The minimum Gasteiger partial charge on any atom is -0.270 e. The van der Waals surface area contributed by atoms with Crippen molar-refractivity contribution in [2.24, 2.45) is 5.92 Å². The number of H-pyrrole nitrogens is 1. The number of hydrogen-bond donors (Lipinski definition) is 1. The molecular weight excluding hydrogens is 302 g/mol. The molecule has 0 unspecified atom stereocenters. The van der Waals surface area contributed by atoms with Crippen molar-refractivity contribution in [3.05, 3.63) is 26.8 Å². The maximum Gasteiger partial charge on any atom is 0.344 e. The Balaban J connectivity index is 2.20. The van der Waals surface area contributed by atoms with Gasteiger partial charge in [0, 0.05) is 6.54 Å². The van der Waals surface area contributed by atoms with Crippen molar-refractivity contribution in [3.63, 3.8) is 0 Å². The number of nitrogens with one attached hydrogen (secondary N) is 1. The molecule has 0 saturated heterocycles. The monoisotopic (exact) mass is 315 g/mol. The predicted octanol–water partition coefficient (Wildman–Crippen LogP) is 2.13. The molecule has 0 bridgehead atoms. The molecule has 20 heavy (non-hydrogen) atoms. The van der Waals surface area contributed by atoms with Crippen LogP contribution in [0.15, 0.2) is 20.5 Å². The summed E-state index contributed by atoms with van der Waals surface area (Å²) < 4.78 is 2.02. The fourth-order valence-electron chi connectivity index (χ4n) is 1.44. The third-order valence-electron chi connectivity index (χ3n) is 2.75. The molecule has 10 heteroatoms. The Morgan fingerprint density at radius 3 is 3.00 bits per heavy atom. The van der Waals surface area contributed by atoms with Gasteiger partial charge in [0.15, 0.2) is 9.50 Å². The molecule has 2 aromatic rings. The summed E-state index contributed by atoms with van der Waals surface area (Å²) in [5, 5.41) is 17.4. The molecule has 0 aliphatic heterocycles. The molecule has 0 aromatic carbocycles. The van der Waals surface area contributed by atoms with Crippen LogP contribution in [-0.2, 0) is 6.54 Å². The van der Waals surface area contributed by atoms with Crippen LogP contribution in [-0.4, -0.2) is 24.7 Å². The first-order valence-electron chi connectivity index (χ1n) is 5.94. The SMILES string of the molecule is CC[C@H](C)Cn1c(Sc2ncc([N+](=O)[O-])s2)n[nH]c1=O. The van der Waals surface area contributed by atoms with E-state index in [1.54, 1.807) is 0 Å². The zero-order chi connectivity index (χ0) is 14.7. The Labute approximate surface area is 122 Å². The third-order valence-corrected chi connectivity index (χ3v) is 4.76. The summed E-state index contributed by atoms with van der Waals surface area (Å²) in [4.78, 5) is 25.8. The molecule has 0 fully saturated rings. The highest BCUT2D eigenvalue weighted by Gasteiger charge is 2.17. The van der Waals surface area contributed by atoms with E-state index >= 15 is 0 Å². The summed E-state index contributed by atoms with van der Waals surface area (Å²) in [7, 11) is 0. The van der Waals surface area contributed by atoms with E-state index in [0.29, 0.717) is 22.0 Å². The van der Waals surface area contributed by atoms with E-state index in [2.05, 4.69) is 15.2 Å². The lowest BCUT2D eigenvalue weighted by Crippen LogP contribution is -2.21.